The Hall–Kier alpha value is -3.85. The Kier molecular flexibility index (Phi) is 10.9. The third-order valence-corrected chi connectivity index (χ3v) is 9.79. The van der Waals surface area contributed by atoms with E-state index in [0.717, 1.165) is 46.7 Å². The summed E-state index contributed by atoms with van der Waals surface area (Å²) in [6.07, 6.45) is 4.36. The van der Waals surface area contributed by atoms with Gasteiger partial charge in [-0.3, -0.25) is 13.9 Å². The molecule has 1 aliphatic rings. The Morgan fingerprint density at radius 1 is 0.930 bits per heavy atom. The van der Waals surface area contributed by atoms with Crippen molar-refractivity contribution in [1.29, 1.82) is 0 Å². The van der Waals surface area contributed by atoms with E-state index in [1.807, 2.05) is 52.0 Å². The molecule has 0 aromatic heterocycles. The molecule has 4 rings (SSSR count). The van der Waals surface area contributed by atoms with Crippen LogP contribution in [0.4, 0.5) is 5.69 Å². The van der Waals surface area contributed by atoms with Crippen LogP contribution in [0.1, 0.15) is 62.6 Å². The number of para-hydroxylation sites is 2. The lowest BCUT2D eigenvalue weighted by Crippen LogP contribution is -2.53. The van der Waals surface area contributed by atoms with E-state index in [-0.39, 0.29) is 29.1 Å². The molecule has 3 aromatic rings. The van der Waals surface area contributed by atoms with E-state index in [1.165, 1.54) is 4.90 Å². The number of carbonyl (C=O) groups is 2. The van der Waals surface area contributed by atoms with Crippen molar-refractivity contribution >= 4 is 27.5 Å². The summed E-state index contributed by atoms with van der Waals surface area (Å²) in [6.45, 7) is 7.54. The molecule has 0 heterocycles. The maximum absolute atomic E-state index is 14.4. The lowest BCUT2D eigenvalue weighted by atomic mass is 10.1. The molecule has 1 aliphatic carbocycles. The minimum Gasteiger partial charge on any atom is -0.492 e. The third kappa shape index (κ3) is 7.76. The fourth-order valence-corrected chi connectivity index (χ4v) is 6.97. The van der Waals surface area contributed by atoms with Gasteiger partial charge in [-0.1, -0.05) is 73.9 Å². The molecule has 0 spiro atoms. The van der Waals surface area contributed by atoms with E-state index >= 15 is 0 Å². The molecule has 0 saturated heterocycles. The second-order valence-corrected chi connectivity index (χ2v) is 12.9. The molecule has 0 unspecified atom stereocenters. The first-order valence-electron chi connectivity index (χ1n) is 15.1. The van der Waals surface area contributed by atoms with Crippen molar-refractivity contribution in [2.24, 2.45) is 0 Å². The molecule has 2 amide bonds. The van der Waals surface area contributed by atoms with Gasteiger partial charge in [-0.05, 0) is 75.4 Å². The zero-order valence-electron chi connectivity index (χ0n) is 25.6. The summed E-state index contributed by atoms with van der Waals surface area (Å²) in [5, 5.41) is 3.15. The summed E-state index contributed by atoms with van der Waals surface area (Å²) in [6, 6.07) is 20.4. The van der Waals surface area contributed by atoms with Gasteiger partial charge in [-0.25, -0.2) is 8.42 Å². The second-order valence-electron chi connectivity index (χ2n) is 11.1. The second kappa shape index (κ2) is 14.6. The Morgan fingerprint density at radius 3 is 2.23 bits per heavy atom. The molecule has 9 heteroatoms. The molecule has 1 N–H and O–H groups in total. The van der Waals surface area contributed by atoms with Gasteiger partial charge in [0.15, 0.2) is 0 Å². The Balaban J connectivity index is 1.76. The highest BCUT2D eigenvalue weighted by Gasteiger charge is 2.35. The maximum Gasteiger partial charge on any atom is 0.264 e. The van der Waals surface area contributed by atoms with Crippen LogP contribution in [-0.2, 0) is 26.2 Å². The first-order chi connectivity index (χ1) is 20.6. The van der Waals surface area contributed by atoms with Crippen LogP contribution >= 0.6 is 0 Å². The van der Waals surface area contributed by atoms with Gasteiger partial charge >= 0.3 is 0 Å². The summed E-state index contributed by atoms with van der Waals surface area (Å²) in [7, 11) is -4.19. The van der Waals surface area contributed by atoms with Crippen LogP contribution in [-0.4, -0.2) is 50.4 Å². The fraction of sp³-hybridized carbons (Fsp3) is 0.412. The quantitative estimate of drug-likeness (QED) is 0.267. The van der Waals surface area contributed by atoms with Gasteiger partial charge in [0.25, 0.3) is 10.0 Å². The Bertz CT molecular complexity index is 1500. The van der Waals surface area contributed by atoms with Crippen LogP contribution in [0.3, 0.4) is 0 Å². The van der Waals surface area contributed by atoms with Gasteiger partial charge in [0, 0.05) is 12.6 Å². The molecule has 1 atom stereocenters. The van der Waals surface area contributed by atoms with Gasteiger partial charge in [-0.15, -0.1) is 0 Å². The van der Waals surface area contributed by atoms with Crippen LogP contribution in [0.15, 0.2) is 77.7 Å². The van der Waals surface area contributed by atoms with Crippen molar-refractivity contribution in [2.45, 2.75) is 83.3 Å². The van der Waals surface area contributed by atoms with Gasteiger partial charge in [0.05, 0.1) is 17.2 Å². The highest BCUT2D eigenvalue weighted by atomic mass is 32.2. The van der Waals surface area contributed by atoms with Crippen LogP contribution in [0.2, 0.25) is 0 Å². The standard InChI is InChI=1S/C34H43N3O5S/c1-5-30(34(39)35-28-15-9-10-16-28)36(23-27-14-8-7-13-26(27)4)33(38)24-37(31-17-11-12-18-32(31)42-6-2)43(40,41)29-21-19-25(3)20-22-29/h7-8,11-14,17-22,28,30H,5-6,9-10,15-16,23-24H2,1-4H3,(H,35,39)/t30-/m0/s1. The fourth-order valence-electron chi connectivity index (χ4n) is 5.55. The molecule has 0 bridgehead atoms. The molecule has 0 radical (unpaired) electrons. The summed E-state index contributed by atoms with van der Waals surface area (Å²) >= 11 is 0. The predicted octanol–water partition coefficient (Wildman–Crippen LogP) is 5.76. The van der Waals surface area contributed by atoms with Crippen LogP contribution in [0.5, 0.6) is 5.75 Å². The molecule has 230 valence electrons. The van der Waals surface area contributed by atoms with Crippen LogP contribution < -0.4 is 14.4 Å². The Morgan fingerprint density at radius 2 is 1.58 bits per heavy atom. The predicted molar refractivity (Wildman–Crippen MR) is 170 cm³/mol. The zero-order chi connectivity index (χ0) is 31.0. The van der Waals surface area contributed by atoms with Crippen LogP contribution in [0, 0.1) is 13.8 Å². The number of benzene rings is 3. The number of sulfonamides is 1. The SMILES string of the molecule is CCOc1ccccc1N(CC(=O)N(Cc1ccccc1C)[C@@H](CC)C(=O)NC1CCCC1)S(=O)(=O)c1ccc(C)cc1. The molecule has 43 heavy (non-hydrogen) atoms. The number of ether oxygens (including phenoxy) is 1. The smallest absolute Gasteiger partial charge is 0.264 e. The number of amides is 2. The minimum absolute atomic E-state index is 0.0636. The topological polar surface area (TPSA) is 96.0 Å². The zero-order valence-corrected chi connectivity index (χ0v) is 26.4. The molecule has 3 aromatic carbocycles. The lowest BCUT2D eigenvalue weighted by molar-refractivity contribution is -0.140. The van der Waals surface area contributed by atoms with Crippen molar-refractivity contribution < 1.29 is 22.7 Å². The van der Waals surface area contributed by atoms with E-state index in [0.29, 0.717) is 18.8 Å². The van der Waals surface area contributed by atoms with Gasteiger partial charge in [0.1, 0.15) is 18.3 Å². The number of aryl methyl sites for hydroxylation is 2. The van der Waals surface area contributed by atoms with Gasteiger partial charge in [0.2, 0.25) is 11.8 Å². The van der Waals surface area contributed by atoms with Crippen molar-refractivity contribution in [1.82, 2.24) is 10.2 Å². The van der Waals surface area contributed by atoms with Gasteiger partial charge < -0.3 is 15.0 Å². The highest BCUT2D eigenvalue weighted by Crippen LogP contribution is 2.33. The number of rotatable bonds is 13. The molecule has 1 fully saturated rings. The number of carbonyl (C=O) groups excluding carboxylic acids is 2. The summed E-state index contributed by atoms with van der Waals surface area (Å²) < 4.78 is 35.3. The van der Waals surface area contributed by atoms with E-state index in [4.69, 9.17) is 4.74 Å². The van der Waals surface area contributed by atoms with Crippen molar-refractivity contribution in [3.05, 3.63) is 89.5 Å². The van der Waals surface area contributed by atoms with Crippen molar-refractivity contribution in [3.63, 3.8) is 0 Å². The number of hydrogen-bond acceptors (Lipinski definition) is 5. The van der Waals surface area contributed by atoms with Crippen molar-refractivity contribution in [3.8, 4) is 5.75 Å². The number of nitrogens with zero attached hydrogens (tertiary/aromatic N) is 2. The molecular formula is C34H43N3O5S. The average Bonchev–Trinajstić information content (AvgIpc) is 3.50. The van der Waals surface area contributed by atoms with E-state index in [9.17, 15) is 18.0 Å². The first-order valence-corrected chi connectivity index (χ1v) is 16.5. The Labute approximate surface area is 256 Å². The monoisotopic (exact) mass is 605 g/mol. The number of nitrogens with one attached hydrogen (secondary N) is 1. The van der Waals surface area contributed by atoms with Crippen molar-refractivity contribution in [2.75, 3.05) is 17.5 Å². The maximum atomic E-state index is 14.4. The summed E-state index contributed by atoms with van der Waals surface area (Å²) in [5.41, 5.74) is 3.06. The molecule has 1 saturated carbocycles. The minimum atomic E-state index is -4.19. The third-order valence-electron chi connectivity index (χ3n) is 8.01. The summed E-state index contributed by atoms with van der Waals surface area (Å²) in [5.74, 6) is -0.331. The number of anilines is 1. The van der Waals surface area contributed by atoms with E-state index < -0.39 is 28.5 Å². The lowest BCUT2D eigenvalue weighted by Gasteiger charge is -2.34. The van der Waals surface area contributed by atoms with E-state index in [2.05, 4.69) is 5.32 Å². The first kappa shape index (κ1) is 32.1. The molecule has 8 nitrogen and oxygen atoms in total. The van der Waals surface area contributed by atoms with E-state index in [1.54, 1.807) is 48.5 Å². The van der Waals surface area contributed by atoms with Crippen LogP contribution in [0.25, 0.3) is 0 Å². The highest BCUT2D eigenvalue weighted by molar-refractivity contribution is 7.92. The number of hydrogen-bond donors (Lipinski definition) is 1. The van der Waals surface area contributed by atoms with Gasteiger partial charge in [-0.2, -0.15) is 0 Å². The molecule has 0 aliphatic heterocycles. The summed E-state index contributed by atoms with van der Waals surface area (Å²) in [4.78, 5) is 29.6. The largest absolute Gasteiger partial charge is 0.492 e. The normalized spacial score (nSPS) is 14.2. The average molecular weight is 606 g/mol. The molecular weight excluding hydrogens is 562 g/mol.